The lowest BCUT2D eigenvalue weighted by Gasteiger charge is -2.04. The van der Waals surface area contributed by atoms with Gasteiger partial charge in [-0.25, -0.2) is 0 Å². The zero-order valence-corrected chi connectivity index (χ0v) is 7.28. The van der Waals surface area contributed by atoms with Crippen molar-refractivity contribution in [3.63, 3.8) is 0 Å². The van der Waals surface area contributed by atoms with E-state index in [4.69, 9.17) is 23.4 Å². The second-order valence-electron chi connectivity index (χ2n) is 2.16. The fourth-order valence-electron chi connectivity index (χ4n) is 0.762. The highest BCUT2D eigenvalue weighted by Crippen LogP contribution is 2.16. The molecule has 1 rings (SSSR count). The van der Waals surface area contributed by atoms with E-state index in [1.54, 1.807) is 13.0 Å². The van der Waals surface area contributed by atoms with Crippen LogP contribution in [0.15, 0.2) is 27.3 Å². The van der Waals surface area contributed by atoms with E-state index in [2.05, 4.69) is 4.51 Å². The number of ketones is 1. The van der Waals surface area contributed by atoms with E-state index in [1.165, 1.54) is 6.08 Å². The molecule has 1 aliphatic rings. The molecule has 11 heavy (non-hydrogen) atoms. The standard InChI is InChI=1S/C7H5Cl2NO/c1-4-2-5(10-9)3-6(8)7(4)11/h2-3H,1H3. The van der Waals surface area contributed by atoms with Crippen molar-refractivity contribution in [2.45, 2.75) is 6.92 Å². The number of Topliss-reactive ketones (excluding diaryl/α,β-unsaturated/α-hetero) is 1. The molecule has 0 fully saturated rings. The van der Waals surface area contributed by atoms with Gasteiger partial charge in [-0.05, 0) is 19.1 Å². The number of rotatable bonds is 0. The van der Waals surface area contributed by atoms with Gasteiger partial charge in [0.2, 0.25) is 0 Å². The molecule has 0 aromatic rings. The maximum Gasteiger partial charge on any atom is 0.200 e. The predicted molar refractivity (Wildman–Crippen MR) is 46.0 cm³/mol. The Labute approximate surface area is 74.3 Å². The molecule has 0 heterocycles. The van der Waals surface area contributed by atoms with Crippen molar-refractivity contribution in [3.8, 4) is 0 Å². The van der Waals surface area contributed by atoms with Crippen LogP contribution in [-0.4, -0.2) is 11.5 Å². The Morgan fingerprint density at radius 2 is 2.09 bits per heavy atom. The summed E-state index contributed by atoms with van der Waals surface area (Å²) in [5.74, 6) is -0.171. The van der Waals surface area contributed by atoms with Gasteiger partial charge in [-0.1, -0.05) is 11.6 Å². The second kappa shape index (κ2) is 3.20. The van der Waals surface area contributed by atoms with Crippen molar-refractivity contribution in [2.24, 2.45) is 4.51 Å². The smallest absolute Gasteiger partial charge is 0.200 e. The third kappa shape index (κ3) is 1.70. The number of hydrogen-bond acceptors (Lipinski definition) is 2. The first-order valence-corrected chi connectivity index (χ1v) is 3.66. The molecular weight excluding hydrogens is 185 g/mol. The molecule has 0 aromatic carbocycles. The minimum absolute atomic E-state index is 0.157. The minimum atomic E-state index is -0.171. The van der Waals surface area contributed by atoms with Crippen molar-refractivity contribution >= 4 is 34.9 Å². The summed E-state index contributed by atoms with van der Waals surface area (Å²) in [4.78, 5) is 11.0. The Balaban J connectivity index is 3.07. The van der Waals surface area contributed by atoms with Gasteiger partial charge in [0, 0.05) is 17.3 Å². The zero-order chi connectivity index (χ0) is 8.43. The van der Waals surface area contributed by atoms with Crippen LogP contribution in [0.3, 0.4) is 0 Å². The summed E-state index contributed by atoms with van der Waals surface area (Å²) in [6, 6.07) is 0. The zero-order valence-electron chi connectivity index (χ0n) is 5.77. The quantitative estimate of drug-likeness (QED) is 0.538. The molecule has 0 aliphatic heterocycles. The molecule has 0 radical (unpaired) electrons. The number of hydrogen-bond donors (Lipinski definition) is 0. The lowest BCUT2D eigenvalue weighted by atomic mass is 10.1. The summed E-state index contributed by atoms with van der Waals surface area (Å²) in [5, 5.41) is 0.157. The van der Waals surface area contributed by atoms with Gasteiger partial charge in [-0.2, -0.15) is 4.51 Å². The fraction of sp³-hybridized carbons (Fsp3) is 0.143. The first-order valence-electron chi connectivity index (χ1n) is 2.94. The maximum atomic E-state index is 11.0. The molecule has 0 atom stereocenters. The van der Waals surface area contributed by atoms with Crippen LogP contribution in [0.5, 0.6) is 0 Å². The van der Waals surface area contributed by atoms with Crippen LogP contribution in [0.4, 0.5) is 0 Å². The molecule has 2 nitrogen and oxygen atoms in total. The average Bonchev–Trinajstić information content (AvgIpc) is 1.99. The summed E-state index contributed by atoms with van der Waals surface area (Å²) in [7, 11) is 0. The summed E-state index contributed by atoms with van der Waals surface area (Å²) >= 11 is 10.8. The largest absolute Gasteiger partial charge is 0.288 e. The Morgan fingerprint density at radius 3 is 2.55 bits per heavy atom. The third-order valence-electron chi connectivity index (χ3n) is 1.31. The Morgan fingerprint density at radius 1 is 1.45 bits per heavy atom. The van der Waals surface area contributed by atoms with Crippen LogP contribution in [0.25, 0.3) is 0 Å². The first kappa shape index (κ1) is 8.50. The molecule has 0 unspecified atom stereocenters. The van der Waals surface area contributed by atoms with E-state index < -0.39 is 0 Å². The molecule has 0 bridgehead atoms. The van der Waals surface area contributed by atoms with Crippen LogP contribution in [0, 0.1) is 0 Å². The third-order valence-corrected chi connectivity index (χ3v) is 1.79. The van der Waals surface area contributed by atoms with Crippen LogP contribution in [-0.2, 0) is 4.79 Å². The molecule has 0 saturated carbocycles. The normalized spacial score (nSPS) is 21.7. The molecule has 0 N–H and O–H groups in total. The van der Waals surface area contributed by atoms with Gasteiger partial charge in [-0.15, -0.1) is 0 Å². The maximum absolute atomic E-state index is 11.0. The number of allylic oxidation sites excluding steroid dienone is 4. The van der Waals surface area contributed by atoms with E-state index in [1.807, 2.05) is 0 Å². The SMILES string of the molecule is CC1=CC(=NCl)C=C(Cl)C1=O. The van der Waals surface area contributed by atoms with Crippen LogP contribution in [0.1, 0.15) is 6.92 Å². The van der Waals surface area contributed by atoms with Crippen molar-refractivity contribution in [1.82, 2.24) is 0 Å². The van der Waals surface area contributed by atoms with Crippen molar-refractivity contribution in [2.75, 3.05) is 0 Å². The van der Waals surface area contributed by atoms with Gasteiger partial charge < -0.3 is 0 Å². The van der Waals surface area contributed by atoms with Crippen LogP contribution < -0.4 is 0 Å². The predicted octanol–water partition coefficient (Wildman–Crippen LogP) is 2.23. The molecular formula is C7H5Cl2NO. The fourth-order valence-corrected chi connectivity index (χ4v) is 1.12. The molecule has 0 aromatic heterocycles. The molecule has 0 saturated heterocycles. The highest BCUT2D eigenvalue weighted by Gasteiger charge is 2.14. The van der Waals surface area contributed by atoms with Gasteiger partial charge in [0.15, 0.2) is 5.78 Å². The van der Waals surface area contributed by atoms with Crippen LogP contribution >= 0.6 is 23.4 Å². The number of carbonyl (C=O) groups is 1. The summed E-state index contributed by atoms with van der Waals surface area (Å²) in [6.07, 6.45) is 3.02. The van der Waals surface area contributed by atoms with E-state index >= 15 is 0 Å². The highest BCUT2D eigenvalue weighted by molar-refractivity contribution is 6.48. The summed E-state index contributed by atoms with van der Waals surface area (Å²) in [5.41, 5.74) is 1.06. The van der Waals surface area contributed by atoms with Crippen molar-refractivity contribution in [1.29, 1.82) is 0 Å². The molecule has 1 aliphatic carbocycles. The van der Waals surface area contributed by atoms with E-state index in [-0.39, 0.29) is 10.8 Å². The lowest BCUT2D eigenvalue weighted by molar-refractivity contribution is -0.111. The first-order chi connectivity index (χ1) is 5.15. The molecule has 0 amide bonds. The average molecular weight is 190 g/mol. The number of halogens is 2. The summed E-state index contributed by atoms with van der Waals surface area (Å²) in [6.45, 7) is 1.67. The molecule has 58 valence electrons. The number of nitrogens with zero attached hydrogens (tertiary/aromatic N) is 1. The molecule has 0 spiro atoms. The minimum Gasteiger partial charge on any atom is -0.288 e. The van der Waals surface area contributed by atoms with Crippen molar-refractivity contribution < 1.29 is 4.79 Å². The topological polar surface area (TPSA) is 29.4 Å². The Kier molecular flexibility index (Phi) is 2.47. The highest BCUT2D eigenvalue weighted by atomic mass is 35.5. The van der Waals surface area contributed by atoms with E-state index in [0.717, 1.165) is 0 Å². The van der Waals surface area contributed by atoms with Crippen molar-refractivity contribution in [3.05, 3.63) is 22.8 Å². The summed E-state index contributed by atoms with van der Waals surface area (Å²) < 4.78 is 3.38. The van der Waals surface area contributed by atoms with Gasteiger partial charge in [0.25, 0.3) is 0 Å². The van der Waals surface area contributed by atoms with E-state index in [9.17, 15) is 4.79 Å². The van der Waals surface area contributed by atoms with Gasteiger partial charge in [0.1, 0.15) is 0 Å². The Bertz CT molecular complexity index is 265. The number of carbonyl (C=O) groups excluding carboxylic acids is 1. The van der Waals surface area contributed by atoms with E-state index in [0.29, 0.717) is 11.3 Å². The van der Waals surface area contributed by atoms with Gasteiger partial charge >= 0.3 is 0 Å². The Hall–Kier alpha value is -0.600. The monoisotopic (exact) mass is 189 g/mol. The van der Waals surface area contributed by atoms with Gasteiger partial charge in [0.05, 0.1) is 10.7 Å². The van der Waals surface area contributed by atoms with Gasteiger partial charge in [-0.3, -0.25) is 4.79 Å². The second-order valence-corrected chi connectivity index (χ2v) is 2.73. The van der Waals surface area contributed by atoms with Crippen LogP contribution in [0.2, 0.25) is 0 Å². The molecule has 4 heteroatoms. The lowest BCUT2D eigenvalue weighted by Crippen LogP contribution is -2.08.